The molecule has 3 heteroatoms. The Morgan fingerprint density at radius 3 is 2.24 bits per heavy atom. The van der Waals surface area contributed by atoms with Crippen LogP contribution in [0.3, 0.4) is 0 Å². The van der Waals surface area contributed by atoms with Gasteiger partial charge >= 0.3 is 0 Å². The minimum Gasteiger partial charge on any atom is -0.377 e. The average Bonchev–Trinajstić information content (AvgIpc) is 2.39. The maximum absolute atomic E-state index is 5.85. The van der Waals surface area contributed by atoms with Crippen molar-refractivity contribution in [3.63, 3.8) is 0 Å². The summed E-state index contributed by atoms with van der Waals surface area (Å²) in [5.74, 6) is 0. The quantitative estimate of drug-likeness (QED) is 0.867. The van der Waals surface area contributed by atoms with Crippen molar-refractivity contribution in [2.24, 2.45) is 5.73 Å². The molecule has 0 amide bonds. The van der Waals surface area contributed by atoms with Gasteiger partial charge in [0.05, 0.1) is 6.04 Å². The molecule has 0 bridgehead atoms. The molecule has 2 aromatic carbocycles. The SMILES string of the molecule is NCC(Nc1ccc(Cl)cc1)c1ccccc1. The van der Waals surface area contributed by atoms with Gasteiger partial charge in [0, 0.05) is 17.3 Å². The van der Waals surface area contributed by atoms with E-state index in [4.69, 9.17) is 17.3 Å². The monoisotopic (exact) mass is 246 g/mol. The van der Waals surface area contributed by atoms with E-state index in [0.29, 0.717) is 6.54 Å². The number of halogens is 1. The number of nitrogens with one attached hydrogen (secondary N) is 1. The van der Waals surface area contributed by atoms with Crippen LogP contribution >= 0.6 is 11.6 Å². The second-order valence-corrected chi connectivity index (χ2v) is 4.29. The lowest BCUT2D eigenvalue weighted by molar-refractivity contribution is 0.790. The van der Waals surface area contributed by atoms with Crippen LogP contribution < -0.4 is 11.1 Å². The highest BCUT2D eigenvalue weighted by molar-refractivity contribution is 6.30. The third kappa shape index (κ3) is 3.22. The van der Waals surface area contributed by atoms with Crippen LogP contribution in [0.4, 0.5) is 5.69 Å². The predicted octanol–water partition coefficient (Wildman–Crippen LogP) is 3.45. The first-order chi connectivity index (χ1) is 8.29. The lowest BCUT2D eigenvalue weighted by atomic mass is 10.1. The molecule has 0 heterocycles. The molecular weight excluding hydrogens is 232 g/mol. The number of benzene rings is 2. The van der Waals surface area contributed by atoms with Crippen LogP contribution in [0.25, 0.3) is 0 Å². The van der Waals surface area contributed by atoms with Gasteiger partial charge in [0.25, 0.3) is 0 Å². The molecule has 3 N–H and O–H groups in total. The summed E-state index contributed by atoms with van der Waals surface area (Å²) >= 11 is 5.85. The fourth-order valence-corrected chi connectivity index (χ4v) is 1.84. The van der Waals surface area contributed by atoms with Gasteiger partial charge in [0.2, 0.25) is 0 Å². The number of nitrogens with two attached hydrogens (primary N) is 1. The average molecular weight is 247 g/mol. The van der Waals surface area contributed by atoms with E-state index in [1.165, 1.54) is 5.56 Å². The molecule has 17 heavy (non-hydrogen) atoms. The molecule has 0 aromatic heterocycles. The van der Waals surface area contributed by atoms with Gasteiger partial charge in [0.15, 0.2) is 0 Å². The van der Waals surface area contributed by atoms with E-state index in [1.54, 1.807) is 0 Å². The number of rotatable bonds is 4. The summed E-state index contributed by atoms with van der Waals surface area (Å²) in [5, 5.41) is 4.12. The van der Waals surface area contributed by atoms with Crippen molar-refractivity contribution in [1.29, 1.82) is 0 Å². The zero-order valence-electron chi connectivity index (χ0n) is 9.44. The third-order valence-electron chi connectivity index (χ3n) is 2.62. The Hall–Kier alpha value is -1.51. The van der Waals surface area contributed by atoms with Crippen LogP contribution in [0.2, 0.25) is 5.02 Å². The molecule has 0 fully saturated rings. The predicted molar refractivity (Wildman–Crippen MR) is 73.3 cm³/mol. The van der Waals surface area contributed by atoms with Gasteiger partial charge in [-0.15, -0.1) is 0 Å². The Bertz CT molecular complexity index is 453. The van der Waals surface area contributed by atoms with Gasteiger partial charge < -0.3 is 11.1 Å². The van der Waals surface area contributed by atoms with Crippen molar-refractivity contribution in [3.05, 3.63) is 65.2 Å². The highest BCUT2D eigenvalue weighted by Crippen LogP contribution is 2.20. The zero-order valence-corrected chi connectivity index (χ0v) is 10.2. The minimum absolute atomic E-state index is 0.123. The van der Waals surface area contributed by atoms with Crippen LogP contribution in [-0.2, 0) is 0 Å². The van der Waals surface area contributed by atoms with Crippen molar-refractivity contribution in [3.8, 4) is 0 Å². The maximum atomic E-state index is 5.85. The first-order valence-corrected chi connectivity index (χ1v) is 5.94. The molecule has 2 nitrogen and oxygen atoms in total. The molecule has 0 aliphatic carbocycles. The van der Waals surface area contributed by atoms with E-state index in [0.717, 1.165) is 10.7 Å². The van der Waals surface area contributed by atoms with Crippen LogP contribution in [-0.4, -0.2) is 6.54 Å². The van der Waals surface area contributed by atoms with E-state index in [2.05, 4.69) is 17.4 Å². The molecule has 88 valence electrons. The summed E-state index contributed by atoms with van der Waals surface area (Å²) in [7, 11) is 0. The van der Waals surface area contributed by atoms with Gasteiger partial charge in [-0.25, -0.2) is 0 Å². The highest BCUT2D eigenvalue weighted by atomic mass is 35.5. The summed E-state index contributed by atoms with van der Waals surface area (Å²) in [4.78, 5) is 0. The fraction of sp³-hybridized carbons (Fsp3) is 0.143. The van der Waals surface area contributed by atoms with Crippen molar-refractivity contribution in [2.45, 2.75) is 6.04 Å². The molecule has 2 rings (SSSR count). The first-order valence-electron chi connectivity index (χ1n) is 5.56. The topological polar surface area (TPSA) is 38.0 Å². The molecule has 0 spiro atoms. The van der Waals surface area contributed by atoms with Crippen LogP contribution in [0.1, 0.15) is 11.6 Å². The summed E-state index contributed by atoms with van der Waals surface area (Å²) in [6.45, 7) is 0.548. The molecule has 0 aliphatic rings. The molecule has 0 radical (unpaired) electrons. The van der Waals surface area contributed by atoms with Crippen molar-refractivity contribution in [1.82, 2.24) is 0 Å². The molecule has 0 saturated heterocycles. The molecule has 1 unspecified atom stereocenters. The minimum atomic E-state index is 0.123. The molecule has 1 atom stereocenters. The first kappa shape index (κ1) is 12.0. The number of hydrogen-bond acceptors (Lipinski definition) is 2. The summed E-state index contributed by atoms with van der Waals surface area (Å²) in [6, 6.07) is 17.9. The zero-order chi connectivity index (χ0) is 12.1. The Morgan fingerprint density at radius 2 is 1.65 bits per heavy atom. The van der Waals surface area contributed by atoms with Crippen LogP contribution in [0, 0.1) is 0 Å². The largest absolute Gasteiger partial charge is 0.377 e. The van der Waals surface area contributed by atoms with Crippen molar-refractivity contribution < 1.29 is 0 Å². The lowest BCUT2D eigenvalue weighted by Gasteiger charge is -2.18. The van der Waals surface area contributed by atoms with E-state index in [-0.39, 0.29) is 6.04 Å². The number of hydrogen-bond donors (Lipinski definition) is 2. The Kier molecular flexibility index (Phi) is 4.02. The molecule has 0 saturated carbocycles. The van der Waals surface area contributed by atoms with Crippen LogP contribution in [0.5, 0.6) is 0 Å². The van der Waals surface area contributed by atoms with E-state index in [1.807, 2.05) is 42.5 Å². The van der Waals surface area contributed by atoms with E-state index >= 15 is 0 Å². The van der Waals surface area contributed by atoms with Gasteiger partial charge in [0.1, 0.15) is 0 Å². The van der Waals surface area contributed by atoms with E-state index < -0.39 is 0 Å². The van der Waals surface area contributed by atoms with E-state index in [9.17, 15) is 0 Å². The highest BCUT2D eigenvalue weighted by Gasteiger charge is 2.08. The Morgan fingerprint density at radius 1 is 1.00 bits per heavy atom. The number of anilines is 1. The van der Waals surface area contributed by atoms with Gasteiger partial charge in [-0.1, -0.05) is 41.9 Å². The summed E-state index contributed by atoms with van der Waals surface area (Å²) in [6.07, 6.45) is 0. The van der Waals surface area contributed by atoms with Gasteiger partial charge in [-0.05, 0) is 29.8 Å². The van der Waals surface area contributed by atoms with Crippen LogP contribution in [0.15, 0.2) is 54.6 Å². The Labute approximate surface area is 106 Å². The van der Waals surface area contributed by atoms with Crippen molar-refractivity contribution >= 4 is 17.3 Å². The summed E-state index contributed by atoms with van der Waals surface area (Å²) in [5.41, 5.74) is 8.00. The maximum Gasteiger partial charge on any atom is 0.0636 e. The normalized spacial score (nSPS) is 12.1. The molecular formula is C14H15ClN2. The standard InChI is InChI=1S/C14H15ClN2/c15-12-6-8-13(9-7-12)17-14(10-16)11-4-2-1-3-5-11/h1-9,14,17H,10,16H2. The van der Waals surface area contributed by atoms with Gasteiger partial charge in [-0.3, -0.25) is 0 Å². The third-order valence-corrected chi connectivity index (χ3v) is 2.87. The Balaban J connectivity index is 2.13. The molecule has 2 aromatic rings. The second kappa shape index (κ2) is 5.71. The second-order valence-electron chi connectivity index (χ2n) is 3.85. The molecule has 0 aliphatic heterocycles. The lowest BCUT2D eigenvalue weighted by Crippen LogP contribution is -2.20. The fourth-order valence-electron chi connectivity index (χ4n) is 1.71. The van der Waals surface area contributed by atoms with Crippen molar-refractivity contribution in [2.75, 3.05) is 11.9 Å². The smallest absolute Gasteiger partial charge is 0.0636 e. The summed E-state index contributed by atoms with van der Waals surface area (Å²) < 4.78 is 0. The van der Waals surface area contributed by atoms with Gasteiger partial charge in [-0.2, -0.15) is 0 Å².